The van der Waals surface area contributed by atoms with Crippen LogP contribution >= 0.6 is 0 Å². The maximum atomic E-state index is 12.3. The third-order valence-electron chi connectivity index (χ3n) is 5.07. The summed E-state index contributed by atoms with van der Waals surface area (Å²) in [4.78, 5) is 13.9. The fourth-order valence-corrected chi connectivity index (χ4v) is 5.20. The van der Waals surface area contributed by atoms with Crippen LogP contribution in [0.1, 0.15) is 31.2 Å². The van der Waals surface area contributed by atoms with E-state index in [1.807, 2.05) is 18.2 Å². The molecule has 126 valence electrons. The van der Waals surface area contributed by atoms with Crippen LogP contribution in [0.2, 0.25) is 0 Å². The summed E-state index contributed by atoms with van der Waals surface area (Å²) >= 11 is 0. The molecule has 1 N–H and O–H groups in total. The summed E-state index contributed by atoms with van der Waals surface area (Å²) in [6, 6.07) is 10.1. The van der Waals surface area contributed by atoms with Crippen molar-refractivity contribution in [2.24, 2.45) is 0 Å². The lowest BCUT2D eigenvalue weighted by atomic mass is 9.95. The highest BCUT2D eigenvalue weighted by Crippen LogP contribution is 2.48. The number of sulfone groups is 1. The molecule has 1 aromatic rings. The molecule has 1 atom stereocenters. The van der Waals surface area contributed by atoms with Gasteiger partial charge in [0.15, 0.2) is 9.84 Å². The van der Waals surface area contributed by atoms with Crippen LogP contribution in [0.5, 0.6) is 0 Å². The SMILES string of the molecule is CN(CC1(c2ccccc2)CC1)C(=O)NCC1CCCS1(=O)=O. The normalized spacial score (nSPS) is 24.1. The lowest BCUT2D eigenvalue weighted by Crippen LogP contribution is -2.44. The summed E-state index contributed by atoms with van der Waals surface area (Å²) in [5.41, 5.74) is 1.35. The van der Waals surface area contributed by atoms with E-state index in [9.17, 15) is 13.2 Å². The number of hydrogen-bond acceptors (Lipinski definition) is 3. The molecule has 0 radical (unpaired) electrons. The second kappa shape index (κ2) is 6.15. The van der Waals surface area contributed by atoms with Gasteiger partial charge < -0.3 is 10.2 Å². The Bertz CT molecular complexity index is 668. The van der Waals surface area contributed by atoms with E-state index < -0.39 is 15.1 Å². The quantitative estimate of drug-likeness (QED) is 0.893. The Labute approximate surface area is 138 Å². The van der Waals surface area contributed by atoms with E-state index in [1.165, 1.54) is 5.56 Å². The van der Waals surface area contributed by atoms with Gasteiger partial charge >= 0.3 is 6.03 Å². The number of rotatable bonds is 5. The molecule has 1 aliphatic heterocycles. The van der Waals surface area contributed by atoms with Gasteiger partial charge in [-0.25, -0.2) is 13.2 Å². The van der Waals surface area contributed by atoms with E-state index in [0.717, 1.165) is 12.8 Å². The van der Waals surface area contributed by atoms with Gasteiger partial charge in [-0.15, -0.1) is 0 Å². The van der Waals surface area contributed by atoms with Crippen LogP contribution in [-0.4, -0.2) is 50.5 Å². The van der Waals surface area contributed by atoms with E-state index in [0.29, 0.717) is 19.4 Å². The molecule has 0 aromatic heterocycles. The first kappa shape index (κ1) is 16.3. The molecular weight excluding hydrogens is 312 g/mol. The molecule has 1 unspecified atom stereocenters. The molecule has 1 heterocycles. The Morgan fingerprint density at radius 3 is 2.57 bits per heavy atom. The van der Waals surface area contributed by atoms with Gasteiger partial charge in [-0.05, 0) is 31.2 Å². The fraction of sp³-hybridized carbons (Fsp3) is 0.588. The van der Waals surface area contributed by atoms with Crippen molar-refractivity contribution in [1.29, 1.82) is 0 Å². The van der Waals surface area contributed by atoms with Crippen molar-refractivity contribution in [2.75, 3.05) is 25.9 Å². The summed E-state index contributed by atoms with van der Waals surface area (Å²) < 4.78 is 23.6. The predicted octanol–water partition coefficient (Wildman–Crippen LogP) is 1.94. The number of benzene rings is 1. The monoisotopic (exact) mass is 336 g/mol. The predicted molar refractivity (Wildman–Crippen MR) is 90.2 cm³/mol. The Balaban J connectivity index is 1.54. The molecule has 0 bridgehead atoms. The summed E-state index contributed by atoms with van der Waals surface area (Å²) in [6.07, 6.45) is 3.54. The lowest BCUT2D eigenvalue weighted by Gasteiger charge is -2.25. The molecule has 0 spiro atoms. The highest BCUT2D eigenvalue weighted by Gasteiger charge is 2.45. The number of likely N-dealkylation sites (N-methyl/N-ethyl adjacent to an activating group) is 1. The van der Waals surface area contributed by atoms with Crippen LogP contribution in [0.25, 0.3) is 0 Å². The molecule has 1 aromatic carbocycles. The van der Waals surface area contributed by atoms with Crippen molar-refractivity contribution in [2.45, 2.75) is 36.3 Å². The minimum atomic E-state index is -3.01. The zero-order valence-corrected chi connectivity index (χ0v) is 14.3. The van der Waals surface area contributed by atoms with Crippen molar-refractivity contribution in [3.05, 3.63) is 35.9 Å². The van der Waals surface area contributed by atoms with Gasteiger partial charge in [0.05, 0.1) is 11.0 Å². The summed E-state index contributed by atoms with van der Waals surface area (Å²) in [7, 11) is -1.23. The zero-order chi connectivity index (χ0) is 16.5. The number of urea groups is 1. The molecule has 23 heavy (non-hydrogen) atoms. The van der Waals surface area contributed by atoms with Crippen molar-refractivity contribution in [3.8, 4) is 0 Å². The Morgan fingerprint density at radius 1 is 1.30 bits per heavy atom. The highest BCUT2D eigenvalue weighted by atomic mass is 32.2. The number of amides is 2. The first-order valence-electron chi connectivity index (χ1n) is 8.19. The molecule has 6 heteroatoms. The fourth-order valence-electron chi connectivity index (χ4n) is 3.43. The average molecular weight is 336 g/mol. The van der Waals surface area contributed by atoms with E-state index in [2.05, 4.69) is 17.4 Å². The number of hydrogen-bond donors (Lipinski definition) is 1. The van der Waals surface area contributed by atoms with E-state index in [1.54, 1.807) is 11.9 Å². The second-order valence-corrected chi connectivity index (χ2v) is 9.22. The first-order chi connectivity index (χ1) is 10.9. The van der Waals surface area contributed by atoms with E-state index >= 15 is 0 Å². The molecule has 2 fully saturated rings. The van der Waals surface area contributed by atoms with Gasteiger partial charge in [0.1, 0.15) is 0 Å². The van der Waals surface area contributed by atoms with Crippen molar-refractivity contribution >= 4 is 15.9 Å². The molecule has 3 rings (SSSR count). The minimum absolute atomic E-state index is 0.0762. The number of carbonyl (C=O) groups excluding carboxylic acids is 1. The minimum Gasteiger partial charge on any atom is -0.337 e. The van der Waals surface area contributed by atoms with Crippen LogP contribution in [0.3, 0.4) is 0 Å². The van der Waals surface area contributed by atoms with Gasteiger partial charge in [-0.3, -0.25) is 0 Å². The van der Waals surface area contributed by atoms with Crippen molar-refractivity contribution < 1.29 is 13.2 Å². The summed E-state index contributed by atoms with van der Waals surface area (Å²) in [5, 5.41) is 2.38. The standard InChI is InChI=1S/C17H24N2O3S/c1-19(13-17(9-10-17)14-6-3-2-4-7-14)16(20)18-12-15-8-5-11-23(15,21)22/h2-4,6-7,15H,5,8-13H2,1H3,(H,18,20). The molecule has 2 amide bonds. The maximum absolute atomic E-state index is 12.3. The average Bonchev–Trinajstić information content (AvgIpc) is 3.23. The Morgan fingerprint density at radius 2 is 2.00 bits per heavy atom. The lowest BCUT2D eigenvalue weighted by molar-refractivity contribution is 0.204. The van der Waals surface area contributed by atoms with Crippen LogP contribution in [0.4, 0.5) is 4.79 Å². The second-order valence-electron chi connectivity index (χ2n) is 6.82. The molecule has 1 aliphatic carbocycles. The van der Waals surface area contributed by atoms with Gasteiger partial charge in [0, 0.05) is 25.6 Å². The summed E-state index contributed by atoms with van der Waals surface area (Å²) in [5.74, 6) is 0.250. The third-order valence-corrected chi connectivity index (χ3v) is 7.35. The largest absolute Gasteiger partial charge is 0.337 e. The smallest absolute Gasteiger partial charge is 0.317 e. The van der Waals surface area contributed by atoms with E-state index in [4.69, 9.17) is 0 Å². The Kier molecular flexibility index (Phi) is 4.36. The Hall–Kier alpha value is -1.56. The van der Waals surface area contributed by atoms with Crippen LogP contribution in [0, 0.1) is 0 Å². The highest BCUT2D eigenvalue weighted by molar-refractivity contribution is 7.92. The van der Waals surface area contributed by atoms with Gasteiger partial charge in [-0.2, -0.15) is 0 Å². The number of carbonyl (C=O) groups is 1. The van der Waals surface area contributed by atoms with Crippen LogP contribution in [0.15, 0.2) is 30.3 Å². The van der Waals surface area contributed by atoms with Crippen LogP contribution in [-0.2, 0) is 15.3 Å². The molecule has 2 aliphatic rings. The van der Waals surface area contributed by atoms with Gasteiger partial charge in [0.25, 0.3) is 0 Å². The molecule has 1 saturated carbocycles. The van der Waals surface area contributed by atoms with E-state index in [-0.39, 0.29) is 23.7 Å². The number of nitrogens with one attached hydrogen (secondary N) is 1. The molecule has 1 saturated heterocycles. The first-order valence-corrected chi connectivity index (χ1v) is 9.91. The van der Waals surface area contributed by atoms with Crippen molar-refractivity contribution in [1.82, 2.24) is 10.2 Å². The molecule has 5 nitrogen and oxygen atoms in total. The zero-order valence-electron chi connectivity index (χ0n) is 13.5. The van der Waals surface area contributed by atoms with Gasteiger partial charge in [-0.1, -0.05) is 30.3 Å². The van der Waals surface area contributed by atoms with Crippen LogP contribution < -0.4 is 5.32 Å². The summed E-state index contributed by atoms with van der Waals surface area (Å²) in [6.45, 7) is 0.893. The molecular formula is C17H24N2O3S. The topological polar surface area (TPSA) is 66.5 Å². The maximum Gasteiger partial charge on any atom is 0.317 e. The van der Waals surface area contributed by atoms with Crippen molar-refractivity contribution in [3.63, 3.8) is 0 Å². The number of nitrogens with zero attached hydrogens (tertiary/aromatic N) is 1. The van der Waals surface area contributed by atoms with Gasteiger partial charge in [0.2, 0.25) is 0 Å². The third kappa shape index (κ3) is 3.52.